The summed E-state index contributed by atoms with van der Waals surface area (Å²) in [6.07, 6.45) is 0.996. The molecule has 4 heteroatoms. The third kappa shape index (κ3) is 5.17. The molecule has 4 nitrogen and oxygen atoms in total. The Morgan fingerprint density at radius 3 is 1.82 bits per heavy atom. The lowest BCUT2D eigenvalue weighted by Gasteiger charge is -2.13. The van der Waals surface area contributed by atoms with Crippen molar-refractivity contribution in [1.82, 2.24) is 0 Å². The molecule has 0 aliphatic rings. The third-order valence-electron chi connectivity index (χ3n) is 2.36. The fourth-order valence-corrected chi connectivity index (χ4v) is 1.33. The zero-order valence-electron chi connectivity index (χ0n) is 9.48. The quantitative estimate of drug-likeness (QED) is 0.648. The summed E-state index contributed by atoms with van der Waals surface area (Å²) in [6.45, 7) is 7.02. The van der Waals surface area contributed by atoms with Crippen LogP contribution in [0.5, 0.6) is 0 Å². The standard InChI is InChI=1S/C13H12N4/c1-10(6-14)3-4-12(8-16)13(9-17)5-11(2)7-15/h12-13H,1-5H2. The van der Waals surface area contributed by atoms with Gasteiger partial charge in [-0.3, -0.25) is 0 Å². The minimum Gasteiger partial charge on any atom is -0.198 e. The number of rotatable bonds is 6. The summed E-state index contributed by atoms with van der Waals surface area (Å²) in [6, 6.07) is 7.81. The number of hydrogen-bond donors (Lipinski definition) is 0. The molecule has 0 aromatic rings. The van der Waals surface area contributed by atoms with E-state index >= 15 is 0 Å². The molecule has 0 fully saturated rings. The van der Waals surface area contributed by atoms with Crippen LogP contribution in [0, 0.1) is 57.2 Å². The van der Waals surface area contributed by atoms with E-state index in [1.165, 1.54) is 0 Å². The molecule has 0 heterocycles. The Bertz CT molecular complexity index is 462. The third-order valence-corrected chi connectivity index (χ3v) is 2.36. The topological polar surface area (TPSA) is 95.2 Å². The molecular weight excluding hydrogens is 212 g/mol. The first kappa shape index (κ1) is 14.4. The van der Waals surface area contributed by atoms with Crippen molar-refractivity contribution in [3.05, 3.63) is 24.3 Å². The Hall–Kier alpha value is -2.56. The second-order valence-corrected chi connectivity index (χ2v) is 3.64. The molecular formula is C13H12N4. The predicted molar refractivity (Wildman–Crippen MR) is 61.6 cm³/mol. The highest BCUT2D eigenvalue weighted by Crippen LogP contribution is 2.24. The van der Waals surface area contributed by atoms with Gasteiger partial charge in [0.05, 0.1) is 36.1 Å². The van der Waals surface area contributed by atoms with Gasteiger partial charge >= 0.3 is 0 Å². The Balaban J connectivity index is 4.54. The molecule has 0 aromatic carbocycles. The first-order chi connectivity index (χ1) is 8.08. The van der Waals surface area contributed by atoms with Gasteiger partial charge in [-0.2, -0.15) is 21.0 Å². The molecule has 0 saturated heterocycles. The zero-order chi connectivity index (χ0) is 13.3. The van der Waals surface area contributed by atoms with E-state index in [1.807, 2.05) is 24.3 Å². The van der Waals surface area contributed by atoms with Crippen molar-refractivity contribution in [2.75, 3.05) is 0 Å². The fourth-order valence-electron chi connectivity index (χ4n) is 1.33. The molecule has 0 aromatic heterocycles. The molecule has 17 heavy (non-hydrogen) atoms. The molecule has 0 radical (unpaired) electrons. The van der Waals surface area contributed by atoms with Gasteiger partial charge in [0.25, 0.3) is 0 Å². The van der Waals surface area contributed by atoms with Crippen molar-refractivity contribution in [3.63, 3.8) is 0 Å². The van der Waals surface area contributed by atoms with Crippen LogP contribution >= 0.6 is 0 Å². The van der Waals surface area contributed by atoms with Gasteiger partial charge < -0.3 is 0 Å². The highest BCUT2D eigenvalue weighted by molar-refractivity contribution is 5.20. The number of nitriles is 4. The van der Waals surface area contributed by atoms with Gasteiger partial charge in [-0.15, -0.1) is 0 Å². The van der Waals surface area contributed by atoms with E-state index < -0.39 is 11.8 Å². The smallest absolute Gasteiger partial charge is 0.0941 e. The van der Waals surface area contributed by atoms with E-state index in [-0.39, 0.29) is 12.0 Å². The Morgan fingerprint density at radius 2 is 1.41 bits per heavy atom. The average Bonchev–Trinajstić information content (AvgIpc) is 2.36. The normalized spacial score (nSPS) is 12.0. The first-order valence-electron chi connectivity index (χ1n) is 5.04. The van der Waals surface area contributed by atoms with Crippen molar-refractivity contribution in [2.24, 2.45) is 11.8 Å². The Kier molecular flexibility index (Phi) is 6.54. The maximum atomic E-state index is 8.97. The Morgan fingerprint density at radius 1 is 0.882 bits per heavy atom. The monoisotopic (exact) mass is 224 g/mol. The highest BCUT2D eigenvalue weighted by atomic mass is 14.4. The molecule has 0 aliphatic heterocycles. The maximum absolute atomic E-state index is 8.97. The number of hydrogen-bond acceptors (Lipinski definition) is 4. The van der Waals surface area contributed by atoms with Crippen LogP contribution < -0.4 is 0 Å². The van der Waals surface area contributed by atoms with Crippen molar-refractivity contribution in [1.29, 1.82) is 21.0 Å². The van der Waals surface area contributed by atoms with Gasteiger partial charge in [0, 0.05) is 11.1 Å². The van der Waals surface area contributed by atoms with Gasteiger partial charge in [0.2, 0.25) is 0 Å². The van der Waals surface area contributed by atoms with E-state index in [4.69, 9.17) is 21.0 Å². The summed E-state index contributed by atoms with van der Waals surface area (Å²) in [4.78, 5) is 0. The summed E-state index contributed by atoms with van der Waals surface area (Å²) >= 11 is 0. The average molecular weight is 224 g/mol. The summed E-state index contributed by atoms with van der Waals surface area (Å²) in [5.41, 5.74) is 0.678. The van der Waals surface area contributed by atoms with Crippen molar-refractivity contribution in [2.45, 2.75) is 19.3 Å². The van der Waals surface area contributed by atoms with Crippen LogP contribution in [-0.2, 0) is 0 Å². The second-order valence-electron chi connectivity index (χ2n) is 3.64. The lowest BCUT2D eigenvalue weighted by molar-refractivity contribution is 0.465. The van der Waals surface area contributed by atoms with Gasteiger partial charge in [-0.1, -0.05) is 13.2 Å². The van der Waals surface area contributed by atoms with Gasteiger partial charge in [-0.25, -0.2) is 0 Å². The fraction of sp³-hybridized carbons (Fsp3) is 0.385. The van der Waals surface area contributed by atoms with E-state index in [0.29, 0.717) is 18.4 Å². The van der Waals surface area contributed by atoms with Gasteiger partial charge in [0.15, 0.2) is 0 Å². The van der Waals surface area contributed by atoms with E-state index in [0.717, 1.165) is 0 Å². The number of allylic oxidation sites excluding steroid dienone is 2. The molecule has 84 valence electrons. The van der Waals surface area contributed by atoms with E-state index in [2.05, 4.69) is 13.2 Å². The van der Waals surface area contributed by atoms with Gasteiger partial charge in [-0.05, 0) is 19.3 Å². The zero-order valence-corrected chi connectivity index (χ0v) is 9.48. The van der Waals surface area contributed by atoms with E-state index in [1.54, 1.807) is 0 Å². The minimum atomic E-state index is -0.557. The lowest BCUT2D eigenvalue weighted by Crippen LogP contribution is -2.12. The maximum Gasteiger partial charge on any atom is 0.0941 e. The van der Waals surface area contributed by atoms with Crippen LogP contribution in [0.4, 0.5) is 0 Å². The molecule has 2 unspecified atom stereocenters. The molecule has 0 amide bonds. The second kappa shape index (κ2) is 7.70. The summed E-state index contributed by atoms with van der Waals surface area (Å²) < 4.78 is 0. The lowest BCUT2D eigenvalue weighted by atomic mass is 9.85. The van der Waals surface area contributed by atoms with Gasteiger partial charge in [0.1, 0.15) is 0 Å². The summed E-state index contributed by atoms with van der Waals surface area (Å²) in [5.74, 6) is -1.06. The van der Waals surface area contributed by atoms with E-state index in [9.17, 15) is 0 Å². The predicted octanol–water partition coefficient (Wildman–Crippen LogP) is 2.60. The van der Waals surface area contributed by atoms with Crippen molar-refractivity contribution in [3.8, 4) is 24.3 Å². The van der Waals surface area contributed by atoms with Crippen LogP contribution in [0.15, 0.2) is 24.3 Å². The molecule has 0 rings (SSSR count). The Labute approximate surface area is 101 Å². The first-order valence-corrected chi connectivity index (χ1v) is 5.04. The molecule has 0 spiro atoms. The molecule has 0 N–H and O–H groups in total. The van der Waals surface area contributed by atoms with Crippen LogP contribution in [0.2, 0.25) is 0 Å². The molecule has 0 aliphatic carbocycles. The van der Waals surface area contributed by atoms with Crippen molar-refractivity contribution < 1.29 is 0 Å². The van der Waals surface area contributed by atoms with Crippen LogP contribution in [-0.4, -0.2) is 0 Å². The van der Waals surface area contributed by atoms with Crippen molar-refractivity contribution >= 4 is 0 Å². The minimum absolute atomic E-state index is 0.199. The molecule has 2 atom stereocenters. The largest absolute Gasteiger partial charge is 0.198 e. The number of nitrogens with zero attached hydrogens (tertiary/aromatic N) is 4. The SMILES string of the molecule is C=C(C#N)CCC(C#N)C(C#N)CC(=C)C#N. The van der Waals surface area contributed by atoms with Crippen LogP contribution in [0.3, 0.4) is 0 Å². The highest BCUT2D eigenvalue weighted by Gasteiger charge is 2.21. The summed E-state index contributed by atoms with van der Waals surface area (Å²) in [7, 11) is 0. The van der Waals surface area contributed by atoms with Crippen LogP contribution in [0.1, 0.15) is 19.3 Å². The molecule has 0 bridgehead atoms. The summed E-state index contributed by atoms with van der Waals surface area (Å²) in [5, 5.41) is 35.1. The van der Waals surface area contributed by atoms with Crippen LogP contribution in [0.25, 0.3) is 0 Å². The molecule has 0 saturated carbocycles.